The van der Waals surface area contributed by atoms with Crippen LogP contribution < -0.4 is 5.32 Å². The number of hydrogen-bond donors (Lipinski definition) is 1. The van der Waals surface area contributed by atoms with Crippen molar-refractivity contribution < 1.29 is 18.0 Å². The zero-order valence-corrected chi connectivity index (χ0v) is 15.7. The van der Waals surface area contributed by atoms with Crippen LogP contribution in [-0.4, -0.2) is 30.4 Å². The smallest absolute Gasteiger partial charge is 0.385 e. The fraction of sp³-hybridized carbons (Fsp3) is 0.409. The van der Waals surface area contributed by atoms with Gasteiger partial charge in [-0.05, 0) is 48.9 Å². The molecule has 2 aromatic carbocycles. The molecule has 28 heavy (non-hydrogen) atoms. The third-order valence-corrected chi connectivity index (χ3v) is 5.19. The number of benzene rings is 2. The number of halogens is 3. The van der Waals surface area contributed by atoms with E-state index in [0.29, 0.717) is 18.2 Å². The van der Waals surface area contributed by atoms with Gasteiger partial charge in [0.15, 0.2) is 0 Å². The molecule has 1 aliphatic heterocycles. The Hall–Kier alpha value is -2.50. The number of nitrogens with one attached hydrogen (secondary N) is 1. The maximum atomic E-state index is 12.7. The zero-order chi connectivity index (χ0) is 20.0. The first-order chi connectivity index (χ1) is 13.4. The van der Waals surface area contributed by atoms with Crippen LogP contribution in [0.25, 0.3) is 0 Å². The summed E-state index contributed by atoms with van der Waals surface area (Å²) in [4.78, 5) is 14.3. The number of alkyl halides is 3. The minimum Gasteiger partial charge on any atom is -0.385 e. The molecule has 0 aliphatic carbocycles. The predicted molar refractivity (Wildman–Crippen MR) is 104 cm³/mol. The number of likely N-dealkylation sites (tertiary alicyclic amines) is 1. The van der Waals surface area contributed by atoms with Crippen molar-refractivity contribution in [2.75, 3.05) is 25.0 Å². The lowest BCUT2D eigenvalue weighted by Crippen LogP contribution is -2.39. The lowest BCUT2D eigenvalue weighted by atomic mass is 9.90. The minimum atomic E-state index is -4.36. The number of hydrogen-bond acceptors (Lipinski definition) is 2. The molecular formula is C22H25F3N2O. The van der Waals surface area contributed by atoms with Gasteiger partial charge in [0, 0.05) is 31.7 Å². The molecule has 1 saturated heterocycles. The van der Waals surface area contributed by atoms with Gasteiger partial charge in [0.2, 0.25) is 5.91 Å². The molecule has 6 heteroatoms. The lowest BCUT2D eigenvalue weighted by molar-refractivity contribution is -0.137. The van der Waals surface area contributed by atoms with Gasteiger partial charge >= 0.3 is 6.18 Å². The molecule has 150 valence electrons. The third kappa shape index (κ3) is 5.75. The van der Waals surface area contributed by atoms with Crippen LogP contribution in [0.3, 0.4) is 0 Å². The van der Waals surface area contributed by atoms with Crippen LogP contribution in [0.2, 0.25) is 0 Å². The van der Waals surface area contributed by atoms with Crippen LogP contribution in [0, 0.1) is 5.92 Å². The second-order valence-corrected chi connectivity index (χ2v) is 7.27. The Balaban J connectivity index is 1.40. The van der Waals surface area contributed by atoms with Gasteiger partial charge < -0.3 is 10.2 Å². The maximum Gasteiger partial charge on any atom is 0.416 e. The van der Waals surface area contributed by atoms with Crippen molar-refractivity contribution >= 4 is 11.6 Å². The topological polar surface area (TPSA) is 32.3 Å². The summed E-state index contributed by atoms with van der Waals surface area (Å²) in [7, 11) is 0. The highest BCUT2D eigenvalue weighted by Gasteiger charge is 2.30. The van der Waals surface area contributed by atoms with Crippen molar-refractivity contribution in [3.8, 4) is 0 Å². The van der Waals surface area contributed by atoms with E-state index >= 15 is 0 Å². The second kappa shape index (κ2) is 9.13. The third-order valence-electron chi connectivity index (χ3n) is 5.19. The van der Waals surface area contributed by atoms with Crippen molar-refractivity contribution in [2.24, 2.45) is 5.92 Å². The summed E-state index contributed by atoms with van der Waals surface area (Å²) >= 11 is 0. The first-order valence-electron chi connectivity index (χ1n) is 9.64. The lowest BCUT2D eigenvalue weighted by Gasteiger charge is -2.32. The SMILES string of the molecule is O=C(CCNc1cccc(C(F)(F)F)c1)N1CCC(Cc2ccccc2)CC1. The van der Waals surface area contributed by atoms with Crippen LogP contribution >= 0.6 is 0 Å². The van der Waals surface area contributed by atoms with Gasteiger partial charge in [-0.1, -0.05) is 36.4 Å². The largest absolute Gasteiger partial charge is 0.416 e. The molecule has 0 aromatic heterocycles. The Kier molecular flexibility index (Phi) is 6.60. The molecule has 0 spiro atoms. The zero-order valence-electron chi connectivity index (χ0n) is 15.7. The number of rotatable bonds is 6. The highest BCUT2D eigenvalue weighted by atomic mass is 19.4. The monoisotopic (exact) mass is 390 g/mol. The van der Waals surface area contributed by atoms with E-state index in [4.69, 9.17) is 0 Å². The molecule has 1 N–H and O–H groups in total. The van der Waals surface area contributed by atoms with Crippen molar-refractivity contribution in [3.63, 3.8) is 0 Å². The van der Waals surface area contributed by atoms with Gasteiger partial charge in [0.25, 0.3) is 0 Å². The Morgan fingerprint density at radius 2 is 1.75 bits per heavy atom. The average molecular weight is 390 g/mol. The van der Waals surface area contributed by atoms with Gasteiger partial charge in [-0.15, -0.1) is 0 Å². The molecule has 3 nitrogen and oxygen atoms in total. The van der Waals surface area contributed by atoms with Crippen LogP contribution in [0.4, 0.5) is 18.9 Å². The quantitative estimate of drug-likeness (QED) is 0.754. The second-order valence-electron chi connectivity index (χ2n) is 7.27. The molecular weight excluding hydrogens is 365 g/mol. The number of amides is 1. The van der Waals surface area contributed by atoms with Crippen molar-refractivity contribution in [1.29, 1.82) is 0 Å². The number of carbonyl (C=O) groups is 1. The minimum absolute atomic E-state index is 0.0534. The molecule has 2 aromatic rings. The Bertz CT molecular complexity index is 769. The van der Waals surface area contributed by atoms with Gasteiger partial charge in [0.1, 0.15) is 0 Å². The van der Waals surface area contributed by atoms with E-state index < -0.39 is 11.7 Å². The summed E-state index contributed by atoms with van der Waals surface area (Å²) in [6.45, 7) is 1.82. The van der Waals surface area contributed by atoms with Crippen LogP contribution in [0.1, 0.15) is 30.4 Å². The fourth-order valence-corrected chi connectivity index (χ4v) is 3.61. The summed E-state index contributed by atoms with van der Waals surface area (Å²) in [6, 6.07) is 15.4. The molecule has 1 heterocycles. The summed E-state index contributed by atoms with van der Waals surface area (Å²) in [5.41, 5.74) is 1.02. The Morgan fingerprint density at radius 1 is 1.04 bits per heavy atom. The molecule has 0 radical (unpaired) electrons. The molecule has 3 rings (SSSR count). The summed E-state index contributed by atoms with van der Waals surface area (Å²) in [5.74, 6) is 0.646. The van der Waals surface area contributed by atoms with E-state index in [1.807, 2.05) is 23.1 Å². The molecule has 0 saturated carbocycles. The summed E-state index contributed by atoms with van der Waals surface area (Å²) in [5, 5.41) is 2.92. The van der Waals surface area contributed by atoms with Crippen LogP contribution in [0.15, 0.2) is 54.6 Å². The molecule has 0 bridgehead atoms. The van der Waals surface area contributed by atoms with E-state index in [-0.39, 0.29) is 12.3 Å². The van der Waals surface area contributed by atoms with E-state index in [0.717, 1.165) is 44.5 Å². The Labute approximate surface area is 163 Å². The van der Waals surface area contributed by atoms with Gasteiger partial charge in [-0.25, -0.2) is 0 Å². The number of carbonyl (C=O) groups excluding carboxylic acids is 1. The van der Waals surface area contributed by atoms with Gasteiger partial charge in [0.05, 0.1) is 5.56 Å². The van der Waals surface area contributed by atoms with Gasteiger partial charge in [-0.3, -0.25) is 4.79 Å². The van der Waals surface area contributed by atoms with E-state index in [1.165, 1.54) is 11.6 Å². The van der Waals surface area contributed by atoms with Crippen LogP contribution in [0.5, 0.6) is 0 Å². The number of anilines is 1. The van der Waals surface area contributed by atoms with Crippen molar-refractivity contribution in [2.45, 2.75) is 31.9 Å². The standard InChI is InChI=1S/C22H25F3N2O/c23-22(24,25)19-7-4-8-20(16-19)26-12-9-21(28)27-13-10-18(11-14-27)15-17-5-2-1-3-6-17/h1-8,16,18,26H,9-15H2. The predicted octanol–water partition coefficient (Wildman–Crippen LogP) is 4.99. The molecule has 1 fully saturated rings. The van der Waals surface area contributed by atoms with E-state index in [1.54, 1.807) is 6.07 Å². The highest BCUT2D eigenvalue weighted by Crippen LogP contribution is 2.30. The normalized spacial score (nSPS) is 15.5. The molecule has 1 amide bonds. The number of piperidine rings is 1. The molecule has 1 aliphatic rings. The van der Waals surface area contributed by atoms with E-state index in [9.17, 15) is 18.0 Å². The van der Waals surface area contributed by atoms with Crippen molar-refractivity contribution in [3.05, 3.63) is 65.7 Å². The summed E-state index contributed by atoms with van der Waals surface area (Å²) in [6.07, 6.45) is -1.07. The van der Waals surface area contributed by atoms with Crippen molar-refractivity contribution in [1.82, 2.24) is 4.90 Å². The average Bonchev–Trinajstić information content (AvgIpc) is 2.69. The molecule has 0 unspecified atom stereocenters. The molecule has 0 atom stereocenters. The first-order valence-corrected chi connectivity index (χ1v) is 9.64. The van der Waals surface area contributed by atoms with E-state index in [2.05, 4.69) is 17.4 Å². The maximum absolute atomic E-state index is 12.7. The summed E-state index contributed by atoms with van der Waals surface area (Å²) < 4.78 is 38.2. The Morgan fingerprint density at radius 3 is 2.43 bits per heavy atom. The fourth-order valence-electron chi connectivity index (χ4n) is 3.61. The van der Waals surface area contributed by atoms with Crippen LogP contribution in [-0.2, 0) is 17.4 Å². The first kappa shape index (κ1) is 20.2. The van der Waals surface area contributed by atoms with Gasteiger partial charge in [-0.2, -0.15) is 13.2 Å². The highest BCUT2D eigenvalue weighted by molar-refractivity contribution is 5.76. The number of nitrogens with zero attached hydrogens (tertiary/aromatic N) is 1.